The minimum absolute atomic E-state index is 0.0280. The number of imidazole rings is 1. The first kappa shape index (κ1) is 57.3. The molecular formula is C40H53N13O21P3+. The summed E-state index contributed by atoms with van der Waals surface area (Å²) in [6, 6.07) is 6.41. The third-order valence-electron chi connectivity index (χ3n) is 12.2. The van der Waals surface area contributed by atoms with Crippen LogP contribution in [0, 0.1) is 0 Å². The fraction of sp³-hybridized carbons (Fsp3) is 0.500. The molecule has 7 heterocycles. The Balaban J connectivity index is 1.01. The zero-order valence-corrected chi connectivity index (χ0v) is 43.2. The third kappa shape index (κ3) is 13.0. The highest BCUT2D eigenvalue weighted by molar-refractivity contribution is 7.47. The van der Waals surface area contributed by atoms with Gasteiger partial charge in [-0.2, -0.15) is 9.97 Å². The lowest BCUT2D eigenvalue weighted by molar-refractivity contribution is -0.124. The maximum Gasteiger partial charge on any atom is 0.694 e. The summed E-state index contributed by atoms with van der Waals surface area (Å²) in [5.41, 5.74) is 16.5. The molecule has 1 aromatic carbocycles. The van der Waals surface area contributed by atoms with Crippen molar-refractivity contribution in [3.05, 3.63) is 88.0 Å². The molecule has 8 rings (SSSR count). The molecule has 0 bridgehead atoms. The molecule has 13 N–H and O–H groups in total. The third-order valence-corrected chi connectivity index (χ3v) is 14.5. The number of methoxy groups -OCH3 is 1. The zero-order chi connectivity index (χ0) is 55.7. The van der Waals surface area contributed by atoms with E-state index in [1.165, 1.54) is 24.3 Å². The van der Waals surface area contributed by atoms with Crippen molar-refractivity contribution in [2.45, 2.75) is 86.0 Å². The molecule has 4 aromatic heterocycles. The van der Waals surface area contributed by atoms with Crippen molar-refractivity contribution in [1.82, 2.24) is 43.9 Å². The van der Waals surface area contributed by atoms with Crippen molar-refractivity contribution in [1.29, 1.82) is 0 Å². The number of ether oxygens (including phenoxy) is 4. The zero-order valence-electron chi connectivity index (χ0n) is 40.5. The lowest BCUT2D eigenvalue weighted by Gasteiger charge is -2.26. The lowest BCUT2D eigenvalue weighted by Crippen LogP contribution is -2.53. The number of anilines is 3. The predicted octanol–water partition coefficient (Wildman–Crippen LogP) is -2.92. The number of benzene rings is 1. The van der Waals surface area contributed by atoms with Crippen LogP contribution in [0.4, 0.5) is 17.5 Å². The molecule has 34 nitrogen and oxygen atoms in total. The Labute approximate surface area is 434 Å². The number of phosphoric acid groups is 2. The van der Waals surface area contributed by atoms with E-state index in [0.717, 1.165) is 29.1 Å². The highest BCUT2D eigenvalue weighted by atomic mass is 31.2. The number of aliphatic hydroxyl groups is 3. The number of carbonyl (C=O) groups excluding carboxylic acids is 1. The molecule has 1 amide bonds. The topological polar surface area (TPSA) is 479 Å². The number of nitrogens with two attached hydrogens (primary N) is 3. The minimum Gasteiger partial charge on any atom is -0.497 e. The van der Waals surface area contributed by atoms with Gasteiger partial charge in [0, 0.05) is 31.1 Å². The van der Waals surface area contributed by atoms with Crippen LogP contribution < -0.4 is 43.5 Å². The van der Waals surface area contributed by atoms with Crippen LogP contribution in [0.3, 0.4) is 0 Å². The molecule has 3 aliphatic heterocycles. The molecule has 3 saturated heterocycles. The first-order valence-electron chi connectivity index (χ1n) is 22.8. The van der Waals surface area contributed by atoms with Crippen LogP contribution in [-0.2, 0) is 61.7 Å². The molecular weight excluding hydrogens is 1090 g/mol. The Morgan fingerprint density at radius 2 is 1.31 bits per heavy atom. The van der Waals surface area contributed by atoms with Gasteiger partial charge in [-0.1, -0.05) is 12.1 Å². The van der Waals surface area contributed by atoms with Gasteiger partial charge in [-0.25, -0.2) is 33.7 Å². The first-order valence-corrected chi connectivity index (χ1v) is 26.9. The quantitative estimate of drug-likeness (QED) is 0.0310. The average Bonchev–Trinajstić information content (AvgIpc) is 4.18. The van der Waals surface area contributed by atoms with Crippen LogP contribution in [0.5, 0.6) is 5.75 Å². The normalized spacial score (nSPS) is 28.5. The largest absolute Gasteiger partial charge is 0.694 e. The summed E-state index contributed by atoms with van der Waals surface area (Å²) in [6.07, 6.45) is -15.1. The van der Waals surface area contributed by atoms with Crippen molar-refractivity contribution in [3.8, 4) is 5.75 Å². The van der Waals surface area contributed by atoms with Crippen LogP contribution >= 0.6 is 23.9 Å². The van der Waals surface area contributed by atoms with Crippen LogP contribution in [0.15, 0.2) is 71.0 Å². The molecule has 16 atom stereocenters. The van der Waals surface area contributed by atoms with Gasteiger partial charge < -0.3 is 71.5 Å². The van der Waals surface area contributed by atoms with Gasteiger partial charge in [0.05, 0.1) is 38.7 Å². The Bertz CT molecular complexity index is 3160. The van der Waals surface area contributed by atoms with Gasteiger partial charge in [-0.05, 0) is 36.2 Å². The minimum atomic E-state index is -5.54. The van der Waals surface area contributed by atoms with E-state index >= 15 is 0 Å². The summed E-state index contributed by atoms with van der Waals surface area (Å²) in [5, 5.41) is 37.3. The lowest BCUT2D eigenvalue weighted by atomic mass is 10.0. The van der Waals surface area contributed by atoms with Gasteiger partial charge >= 0.3 is 35.3 Å². The molecule has 77 heavy (non-hydrogen) atoms. The molecule has 3 aliphatic rings. The molecule has 0 saturated carbocycles. The van der Waals surface area contributed by atoms with Gasteiger partial charge in [-0.15, -0.1) is 9.42 Å². The van der Waals surface area contributed by atoms with E-state index in [2.05, 4.69) is 30.2 Å². The second-order valence-corrected chi connectivity index (χ2v) is 21.1. The predicted molar refractivity (Wildman–Crippen MR) is 259 cm³/mol. The van der Waals surface area contributed by atoms with E-state index in [1.54, 1.807) is 43.3 Å². The summed E-state index contributed by atoms with van der Waals surface area (Å²) in [6.45, 7) is -2.97. The molecule has 5 aromatic rings. The maximum atomic E-state index is 14.0. The van der Waals surface area contributed by atoms with Crippen molar-refractivity contribution >= 4 is 58.4 Å². The summed E-state index contributed by atoms with van der Waals surface area (Å²) in [5.74, 6) is -0.251. The number of rotatable bonds is 22. The van der Waals surface area contributed by atoms with E-state index in [-0.39, 0.29) is 23.7 Å². The molecule has 3 unspecified atom stereocenters. The van der Waals surface area contributed by atoms with E-state index in [1.807, 2.05) is 0 Å². The van der Waals surface area contributed by atoms with Crippen molar-refractivity contribution in [3.63, 3.8) is 0 Å². The number of nitrogens with one attached hydrogen (secondary N) is 1. The maximum absolute atomic E-state index is 14.0. The van der Waals surface area contributed by atoms with Gasteiger partial charge in [0.2, 0.25) is 5.91 Å². The van der Waals surface area contributed by atoms with Gasteiger partial charge in [0.25, 0.3) is 0 Å². The van der Waals surface area contributed by atoms with Crippen LogP contribution in [0.1, 0.15) is 24.2 Å². The van der Waals surface area contributed by atoms with Crippen molar-refractivity contribution in [2.75, 3.05) is 57.4 Å². The molecule has 0 spiro atoms. The first-order chi connectivity index (χ1) is 36.4. The van der Waals surface area contributed by atoms with Crippen molar-refractivity contribution < 1.29 is 90.1 Å². The smallest absolute Gasteiger partial charge is 0.497 e. The summed E-state index contributed by atoms with van der Waals surface area (Å²) >= 11 is 0. The summed E-state index contributed by atoms with van der Waals surface area (Å²) in [4.78, 5) is 92.6. The van der Waals surface area contributed by atoms with Crippen LogP contribution in [0.25, 0.3) is 11.2 Å². The second kappa shape index (κ2) is 23.6. The second-order valence-electron chi connectivity index (χ2n) is 17.6. The highest BCUT2D eigenvalue weighted by Crippen LogP contribution is 2.52. The molecule has 418 valence electrons. The Hall–Kier alpha value is -5.84. The van der Waals surface area contributed by atoms with Crippen LogP contribution in [0.2, 0.25) is 0 Å². The molecule has 37 heteroatoms. The number of nitrogens with zero attached hydrogens (tertiary/aromatic N) is 9. The van der Waals surface area contributed by atoms with E-state index in [0.29, 0.717) is 27.2 Å². The van der Waals surface area contributed by atoms with Crippen LogP contribution in [-0.4, -0.2) is 176 Å². The summed E-state index contributed by atoms with van der Waals surface area (Å²) in [7, 11) is -9.44. The van der Waals surface area contributed by atoms with E-state index < -0.39 is 141 Å². The summed E-state index contributed by atoms with van der Waals surface area (Å²) < 4.78 is 90.6. The number of fused-ring (bicyclic) bond motifs is 1. The number of aromatic nitrogens is 8. The standard InChI is InChI=1S/C40H52N13O21P3/c1-50(2)33-27-34(45-16-44-33)53(17-46-27)36-28(54)26(49-35(57)20(41)12-18-4-6-19(66-3)7-5-18)21(70-36)14-68-76(62,63)74-32-23(72-38(30(32)56)52-11-9-25(43)48-40(52)59)15-69-77(64,65)73-31-22(13-67-75(60)61)71-37(29(31)55)51-10-8-24(42)47-39(51)58/h4-11,16-17,20-23,26,28-32,36-38,54-56H,12-15,41H2,1-3H3,(H7-,42,43,47,48,49,57,58,59,60,61,62,63,64,65)/p+1/t20-,21+,22+,23+,26+,28+,29+,30+,31+,32+,36+,37+,38+/m0/s1. The average molecular weight is 1140 g/mol. The number of nitrogen functional groups attached to an aromatic ring is 2. The molecule has 0 radical (unpaired) electrons. The van der Waals surface area contributed by atoms with Crippen molar-refractivity contribution in [2.24, 2.45) is 5.73 Å². The number of amides is 1. The molecule has 3 fully saturated rings. The number of phosphoric ester groups is 2. The Kier molecular flexibility index (Phi) is 17.6. The van der Waals surface area contributed by atoms with E-state index in [4.69, 9.17) is 58.8 Å². The monoisotopic (exact) mass is 1140 g/mol. The SMILES string of the molecule is COc1ccc(C[C@H](N)C(=O)N[C@H]2[C@@H](O)[C@H](n3cnc4c(N(C)C)ncnc43)O[C@@H]2COP(=O)(O)O[C@H]2[C@@H](O)[C@H](n3ccc(N)nc3=O)O[C@@H]2COP(=O)(O)O[C@H]2[C@@H](O)[C@H](n3ccc(N)nc3=O)O[C@@H]2CO[P+](=O)O)cc1. The number of aliphatic hydroxyl groups excluding tert-OH is 3. The van der Waals surface area contributed by atoms with Gasteiger partial charge in [0.15, 0.2) is 35.7 Å². The fourth-order valence-electron chi connectivity index (χ4n) is 8.53. The number of hydrogen-bond acceptors (Lipinski definition) is 27. The number of hydrogen-bond donors (Lipinski definition) is 10. The fourth-order valence-corrected chi connectivity index (χ4v) is 10.7. The van der Waals surface area contributed by atoms with Gasteiger partial charge in [-0.3, -0.25) is 36.6 Å². The highest BCUT2D eigenvalue weighted by Gasteiger charge is 2.54. The Morgan fingerprint density at radius 1 is 0.792 bits per heavy atom. The van der Waals surface area contributed by atoms with Gasteiger partial charge in [0.1, 0.15) is 79.2 Å². The Morgan fingerprint density at radius 3 is 1.83 bits per heavy atom. The number of carbonyl (C=O) groups is 1. The van der Waals surface area contributed by atoms with E-state index in [9.17, 15) is 58.1 Å². The molecule has 0 aliphatic carbocycles.